The number of anilines is 2. The Kier molecular flexibility index (Phi) is 4.42. The molecule has 0 saturated heterocycles. The van der Waals surface area contributed by atoms with Gasteiger partial charge in [-0.3, -0.25) is 0 Å². The number of halogens is 1. The number of hydrogen-bond acceptors (Lipinski definition) is 4. The Morgan fingerprint density at radius 3 is 2.47 bits per heavy atom. The summed E-state index contributed by atoms with van der Waals surface area (Å²) < 4.78 is 0. The number of nitrogen functional groups attached to an aromatic ring is 1. The molecule has 1 aliphatic rings. The van der Waals surface area contributed by atoms with Crippen molar-refractivity contribution in [3.8, 4) is 0 Å². The molecule has 17 heavy (non-hydrogen) atoms. The van der Waals surface area contributed by atoms with Crippen LogP contribution in [0.25, 0.3) is 0 Å². The zero-order valence-electron chi connectivity index (χ0n) is 9.95. The number of nitrogens with one attached hydrogen (secondary N) is 1. The van der Waals surface area contributed by atoms with Crippen molar-refractivity contribution < 1.29 is 0 Å². The van der Waals surface area contributed by atoms with Crippen molar-refractivity contribution in [2.24, 2.45) is 0 Å². The monoisotopic (exact) mass is 254 g/mol. The minimum Gasteiger partial charge on any atom is -0.393 e. The lowest BCUT2D eigenvalue weighted by Gasteiger charge is -2.22. The van der Waals surface area contributed by atoms with Crippen LogP contribution in [0.2, 0.25) is 5.15 Å². The second kappa shape index (κ2) is 6.05. The van der Waals surface area contributed by atoms with E-state index in [2.05, 4.69) is 15.3 Å². The van der Waals surface area contributed by atoms with Crippen molar-refractivity contribution in [3.63, 3.8) is 0 Å². The molecule has 1 aromatic heterocycles. The Hall–Kier alpha value is -1.03. The van der Waals surface area contributed by atoms with Crippen LogP contribution >= 0.6 is 11.6 Å². The van der Waals surface area contributed by atoms with Gasteiger partial charge in [0, 0.05) is 6.04 Å². The molecule has 94 valence electrons. The van der Waals surface area contributed by atoms with E-state index in [4.69, 9.17) is 17.3 Å². The fraction of sp³-hybridized carbons (Fsp3) is 0.667. The summed E-state index contributed by atoms with van der Waals surface area (Å²) in [6, 6.07) is 0.462. The second-order valence-corrected chi connectivity index (χ2v) is 4.97. The average Bonchev–Trinajstić information content (AvgIpc) is 2.28. The van der Waals surface area contributed by atoms with Gasteiger partial charge in [-0.25, -0.2) is 9.97 Å². The molecule has 0 bridgehead atoms. The van der Waals surface area contributed by atoms with Crippen molar-refractivity contribution >= 4 is 23.1 Å². The molecule has 1 aromatic rings. The molecule has 1 aliphatic carbocycles. The van der Waals surface area contributed by atoms with E-state index >= 15 is 0 Å². The predicted octanol–water partition coefficient (Wildman–Crippen LogP) is 3.24. The first-order valence-electron chi connectivity index (χ1n) is 6.30. The third kappa shape index (κ3) is 3.46. The van der Waals surface area contributed by atoms with Crippen molar-refractivity contribution in [1.82, 2.24) is 9.97 Å². The van der Waals surface area contributed by atoms with E-state index in [1.54, 1.807) is 0 Å². The van der Waals surface area contributed by atoms with Gasteiger partial charge in [0.15, 0.2) is 11.0 Å². The van der Waals surface area contributed by atoms with E-state index < -0.39 is 0 Å². The molecule has 0 unspecified atom stereocenters. The number of nitrogens with zero attached hydrogens (tertiary/aromatic N) is 2. The highest BCUT2D eigenvalue weighted by Gasteiger charge is 2.14. The lowest BCUT2D eigenvalue weighted by molar-refractivity contribution is 0.471. The SMILES string of the molecule is Nc1c(Cl)ncnc1NC1CCCCCCC1. The maximum absolute atomic E-state index is 5.87. The van der Waals surface area contributed by atoms with Gasteiger partial charge in [0.05, 0.1) is 0 Å². The molecular weight excluding hydrogens is 236 g/mol. The van der Waals surface area contributed by atoms with Crippen LogP contribution in [0.4, 0.5) is 11.5 Å². The molecule has 1 saturated carbocycles. The molecule has 0 amide bonds. The van der Waals surface area contributed by atoms with Crippen LogP contribution in [0.15, 0.2) is 6.33 Å². The van der Waals surface area contributed by atoms with Crippen molar-refractivity contribution in [1.29, 1.82) is 0 Å². The Morgan fingerprint density at radius 1 is 1.12 bits per heavy atom. The van der Waals surface area contributed by atoms with E-state index in [-0.39, 0.29) is 0 Å². The summed E-state index contributed by atoms with van der Waals surface area (Å²) in [6.45, 7) is 0. The van der Waals surface area contributed by atoms with Crippen LogP contribution in [0, 0.1) is 0 Å². The Morgan fingerprint density at radius 2 is 1.76 bits per heavy atom. The number of hydrogen-bond donors (Lipinski definition) is 2. The number of aromatic nitrogens is 2. The zero-order chi connectivity index (χ0) is 12.1. The first kappa shape index (κ1) is 12.4. The van der Waals surface area contributed by atoms with Crippen LogP contribution in [0.1, 0.15) is 44.9 Å². The fourth-order valence-corrected chi connectivity index (χ4v) is 2.42. The van der Waals surface area contributed by atoms with Gasteiger partial charge in [0.25, 0.3) is 0 Å². The van der Waals surface area contributed by atoms with Crippen molar-refractivity contribution in [3.05, 3.63) is 11.5 Å². The lowest BCUT2D eigenvalue weighted by Crippen LogP contribution is -2.22. The Bertz CT molecular complexity index is 362. The summed E-state index contributed by atoms with van der Waals surface area (Å²) in [7, 11) is 0. The van der Waals surface area contributed by atoms with Gasteiger partial charge in [-0.2, -0.15) is 0 Å². The molecule has 5 heteroatoms. The second-order valence-electron chi connectivity index (χ2n) is 4.61. The molecule has 4 nitrogen and oxygen atoms in total. The summed E-state index contributed by atoms with van der Waals surface area (Å²) in [5.41, 5.74) is 6.31. The third-order valence-electron chi connectivity index (χ3n) is 3.28. The molecule has 0 spiro atoms. The summed E-state index contributed by atoms with van der Waals surface area (Å²) in [5.74, 6) is 0.676. The molecule has 0 aliphatic heterocycles. The summed E-state index contributed by atoms with van der Waals surface area (Å²) in [5, 5.41) is 3.72. The maximum Gasteiger partial charge on any atom is 0.157 e. The van der Waals surface area contributed by atoms with Gasteiger partial charge in [0.1, 0.15) is 12.0 Å². The third-order valence-corrected chi connectivity index (χ3v) is 3.58. The van der Waals surface area contributed by atoms with Crippen LogP contribution < -0.4 is 11.1 Å². The van der Waals surface area contributed by atoms with E-state index in [0.717, 1.165) is 0 Å². The van der Waals surface area contributed by atoms with Gasteiger partial charge in [-0.15, -0.1) is 0 Å². The van der Waals surface area contributed by atoms with E-state index in [0.29, 0.717) is 22.7 Å². The van der Waals surface area contributed by atoms with Gasteiger partial charge >= 0.3 is 0 Å². The maximum atomic E-state index is 5.87. The van der Waals surface area contributed by atoms with Crippen LogP contribution in [-0.2, 0) is 0 Å². The highest BCUT2D eigenvalue weighted by Crippen LogP contribution is 2.25. The zero-order valence-corrected chi connectivity index (χ0v) is 10.7. The number of nitrogens with two attached hydrogens (primary N) is 1. The van der Waals surface area contributed by atoms with E-state index in [1.807, 2.05) is 0 Å². The van der Waals surface area contributed by atoms with Gasteiger partial charge in [0.2, 0.25) is 0 Å². The van der Waals surface area contributed by atoms with E-state index in [9.17, 15) is 0 Å². The molecule has 2 rings (SSSR count). The first-order chi connectivity index (χ1) is 8.27. The molecule has 3 N–H and O–H groups in total. The summed E-state index contributed by atoms with van der Waals surface area (Å²) >= 11 is 5.87. The van der Waals surface area contributed by atoms with Crippen molar-refractivity contribution in [2.45, 2.75) is 51.0 Å². The highest BCUT2D eigenvalue weighted by atomic mass is 35.5. The molecule has 0 aromatic carbocycles. The minimum atomic E-state index is 0.327. The molecule has 0 atom stereocenters. The summed E-state index contributed by atoms with van der Waals surface area (Å²) in [6.07, 6.45) is 10.4. The van der Waals surface area contributed by atoms with Crippen LogP contribution in [0.3, 0.4) is 0 Å². The largest absolute Gasteiger partial charge is 0.393 e. The molecule has 0 radical (unpaired) electrons. The minimum absolute atomic E-state index is 0.327. The normalized spacial score (nSPS) is 18.4. The summed E-state index contributed by atoms with van der Waals surface area (Å²) in [4.78, 5) is 8.01. The molecular formula is C12H19ClN4. The van der Waals surface area contributed by atoms with Crippen molar-refractivity contribution in [2.75, 3.05) is 11.1 Å². The topological polar surface area (TPSA) is 63.8 Å². The fourth-order valence-electron chi connectivity index (χ4n) is 2.28. The van der Waals surface area contributed by atoms with Gasteiger partial charge in [-0.05, 0) is 12.8 Å². The van der Waals surface area contributed by atoms with Gasteiger partial charge < -0.3 is 11.1 Å². The molecule has 1 fully saturated rings. The number of rotatable bonds is 2. The average molecular weight is 255 g/mol. The first-order valence-corrected chi connectivity index (χ1v) is 6.67. The Labute approximate surface area is 107 Å². The molecule has 1 heterocycles. The van der Waals surface area contributed by atoms with Crippen LogP contribution in [0.5, 0.6) is 0 Å². The quantitative estimate of drug-likeness (QED) is 0.796. The predicted molar refractivity (Wildman–Crippen MR) is 71.2 cm³/mol. The van der Waals surface area contributed by atoms with Gasteiger partial charge in [-0.1, -0.05) is 43.7 Å². The lowest BCUT2D eigenvalue weighted by atomic mass is 9.97. The standard InChI is InChI=1S/C12H19ClN4/c13-11-10(14)12(16-8-15-11)17-9-6-4-2-1-3-5-7-9/h8-9H,1-7,14H2,(H,15,16,17). The Balaban J connectivity index is 2.00. The smallest absolute Gasteiger partial charge is 0.157 e. The highest BCUT2D eigenvalue weighted by molar-refractivity contribution is 6.32. The van der Waals surface area contributed by atoms with E-state index in [1.165, 1.54) is 51.3 Å². The van der Waals surface area contributed by atoms with Crippen LogP contribution in [-0.4, -0.2) is 16.0 Å².